The number of benzene rings is 2. The number of morpholine rings is 1. The summed E-state index contributed by atoms with van der Waals surface area (Å²) in [5, 5.41) is 0.624. The maximum atomic E-state index is 13.4. The van der Waals surface area contributed by atoms with Gasteiger partial charge in [0.05, 0.1) is 47.8 Å². The molecule has 0 aliphatic carbocycles. The first-order chi connectivity index (χ1) is 18.4. The summed E-state index contributed by atoms with van der Waals surface area (Å²) in [6, 6.07) is 12.0. The molecular formula is C27H35N3O6S2. The molecule has 1 saturated heterocycles. The lowest BCUT2D eigenvalue weighted by Gasteiger charge is -2.27. The number of ether oxygens (including phenoxy) is 3. The molecule has 0 spiro atoms. The van der Waals surface area contributed by atoms with Crippen LogP contribution in [-0.4, -0.2) is 83.1 Å². The monoisotopic (exact) mass is 561 g/mol. The number of methoxy groups -OCH3 is 1. The number of sulfone groups is 1. The van der Waals surface area contributed by atoms with Crippen LogP contribution in [0.4, 0.5) is 5.13 Å². The van der Waals surface area contributed by atoms with Crippen LogP contribution in [0.25, 0.3) is 10.2 Å². The van der Waals surface area contributed by atoms with Crippen LogP contribution in [0.3, 0.4) is 0 Å². The van der Waals surface area contributed by atoms with Crippen LogP contribution in [0.5, 0.6) is 11.5 Å². The Kier molecular flexibility index (Phi) is 9.95. The van der Waals surface area contributed by atoms with E-state index in [1.54, 1.807) is 17.0 Å². The number of carbonyl (C=O) groups is 1. The van der Waals surface area contributed by atoms with Gasteiger partial charge in [0.2, 0.25) is 5.91 Å². The molecular weight excluding hydrogens is 526 g/mol. The molecule has 1 amide bonds. The average molecular weight is 562 g/mol. The number of fused-ring (bicyclic) bond motifs is 1. The van der Waals surface area contributed by atoms with Gasteiger partial charge in [-0.15, -0.1) is 0 Å². The molecule has 0 radical (unpaired) electrons. The summed E-state index contributed by atoms with van der Waals surface area (Å²) in [7, 11) is -1.97. The number of anilines is 1. The van der Waals surface area contributed by atoms with E-state index in [0.29, 0.717) is 24.0 Å². The second-order valence-electron chi connectivity index (χ2n) is 9.01. The summed E-state index contributed by atoms with van der Waals surface area (Å²) < 4.78 is 42.7. The quantitative estimate of drug-likeness (QED) is 0.309. The first-order valence-corrected chi connectivity index (χ1v) is 15.4. The Morgan fingerprint density at radius 1 is 1.11 bits per heavy atom. The molecule has 4 rings (SSSR count). The molecule has 0 saturated carbocycles. The minimum atomic E-state index is -3.51. The largest absolute Gasteiger partial charge is 0.497 e. The molecule has 0 N–H and O–H groups in total. The van der Waals surface area contributed by atoms with Gasteiger partial charge in [-0.3, -0.25) is 14.6 Å². The summed E-state index contributed by atoms with van der Waals surface area (Å²) >= 11 is 1.45. The van der Waals surface area contributed by atoms with E-state index in [0.717, 1.165) is 55.2 Å². The summed E-state index contributed by atoms with van der Waals surface area (Å²) in [4.78, 5) is 22.4. The molecule has 0 unspecified atom stereocenters. The van der Waals surface area contributed by atoms with E-state index in [9.17, 15) is 13.2 Å². The first-order valence-electron chi connectivity index (χ1n) is 12.9. The highest BCUT2D eigenvalue weighted by Gasteiger charge is 2.22. The van der Waals surface area contributed by atoms with Crippen molar-refractivity contribution >= 4 is 42.4 Å². The number of amides is 1. The molecule has 9 nitrogen and oxygen atoms in total. The van der Waals surface area contributed by atoms with Crippen molar-refractivity contribution in [1.82, 2.24) is 9.88 Å². The van der Waals surface area contributed by atoms with Crippen LogP contribution in [-0.2, 0) is 19.4 Å². The van der Waals surface area contributed by atoms with E-state index in [1.165, 1.54) is 30.6 Å². The third-order valence-electron chi connectivity index (χ3n) is 6.37. The molecule has 2 heterocycles. The Labute approximate surface area is 228 Å². The molecule has 1 aliphatic rings. The molecule has 11 heteroatoms. The Morgan fingerprint density at radius 3 is 2.55 bits per heavy atom. The van der Waals surface area contributed by atoms with Crippen molar-refractivity contribution in [2.45, 2.75) is 31.1 Å². The van der Waals surface area contributed by atoms with Gasteiger partial charge in [-0.05, 0) is 62.2 Å². The fraction of sp³-hybridized carbons (Fsp3) is 0.481. The third kappa shape index (κ3) is 7.43. The van der Waals surface area contributed by atoms with Gasteiger partial charge < -0.3 is 14.2 Å². The molecule has 1 fully saturated rings. The Bertz CT molecular complexity index is 1300. The normalized spacial score (nSPS) is 14.5. The van der Waals surface area contributed by atoms with Gasteiger partial charge in [-0.2, -0.15) is 0 Å². The highest BCUT2D eigenvalue weighted by Crippen LogP contribution is 2.32. The van der Waals surface area contributed by atoms with Crippen molar-refractivity contribution in [3.05, 3.63) is 42.5 Å². The van der Waals surface area contributed by atoms with Crippen molar-refractivity contribution < 1.29 is 27.4 Å². The van der Waals surface area contributed by atoms with Crippen molar-refractivity contribution in [2.75, 3.05) is 63.8 Å². The number of hydrogen-bond acceptors (Lipinski definition) is 9. The number of hydrogen-bond donors (Lipinski definition) is 0. The third-order valence-corrected chi connectivity index (χ3v) is 9.23. The fourth-order valence-corrected chi connectivity index (χ4v) is 6.67. The molecule has 206 valence electrons. The zero-order valence-corrected chi connectivity index (χ0v) is 23.6. The second-order valence-corrected chi connectivity index (χ2v) is 12.1. The first kappa shape index (κ1) is 28.3. The van der Waals surface area contributed by atoms with E-state index < -0.39 is 9.84 Å². The van der Waals surface area contributed by atoms with Gasteiger partial charge in [0.25, 0.3) is 0 Å². The van der Waals surface area contributed by atoms with Crippen LogP contribution >= 0.6 is 11.3 Å². The summed E-state index contributed by atoms with van der Waals surface area (Å²) in [5.41, 5.74) is 0.807. The van der Waals surface area contributed by atoms with Crippen LogP contribution in [0, 0.1) is 0 Å². The van der Waals surface area contributed by atoms with Crippen LogP contribution in [0.2, 0.25) is 0 Å². The van der Waals surface area contributed by atoms with Gasteiger partial charge in [0.15, 0.2) is 15.0 Å². The van der Waals surface area contributed by atoms with Crippen LogP contribution in [0.1, 0.15) is 26.2 Å². The second kappa shape index (κ2) is 13.4. The maximum absolute atomic E-state index is 13.4. The zero-order valence-electron chi connectivity index (χ0n) is 21.9. The lowest BCUT2D eigenvalue weighted by molar-refractivity contribution is -0.118. The molecule has 1 aliphatic heterocycles. The Hall–Kier alpha value is -2.73. The fourth-order valence-electron chi connectivity index (χ4n) is 4.32. The molecule has 3 aromatic rings. The SMILES string of the molecule is CCOc1ccc2nc(N(CCCN3CCOCC3)C(=O)CCCS(=O)(=O)c3ccc(OC)cc3)sc2c1. The highest BCUT2D eigenvalue weighted by atomic mass is 32.2. The van der Waals surface area contributed by atoms with Crippen molar-refractivity contribution in [2.24, 2.45) is 0 Å². The summed E-state index contributed by atoms with van der Waals surface area (Å²) in [5.74, 6) is 1.13. The molecule has 38 heavy (non-hydrogen) atoms. The lowest BCUT2D eigenvalue weighted by atomic mass is 10.2. The smallest absolute Gasteiger partial charge is 0.228 e. The highest BCUT2D eigenvalue weighted by molar-refractivity contribution is 7.91. The van der Waals surface area contributed by atoms with Crippen LogP contribution < -0.4 is 14.4 Å². The standard InChI is InChI=1S/C27H35N3O6S2/c1-3-36-22-9-12-24-25(20-22)37-27(28-24)30(14-5-13-29-15-17-35-18-16-29)26(31)6-4-19-38(32,33)23-10-7-21(34-2)8-11-23/h7-12,20H,3-6,13-19H2,1-2H3. The number of nitrogens with zero attached hydrogens (tertiary/aromatic N) is 3. The van der Waals surface area contributed by atoms with Gasteiger partial charge >= 0.3 is 0 Å². The van der Waals surface area contributed by atoms with E-state index >= 15 is 0 Å². The van der Waals surface area contributed by atoms with Crippen molar-refractivity contribution in [3.63, 3.8) is 0 Å². The predicted octanol–water partition coefficient (Wildman–Crippen LogP) is 4.01. The predicted molar refractivity (Wildman–Crippen MR) is 149 cm³/mol. The van der Waals surface area contributed by atoms with Gasteiger partial charge in [0, 0.05) is 32.6 Å². The number of rotatable bonds is 13. The molecule has 1 aromatic heterocycles. The lowest BCUT2D eigenvalue weighted by Crippen LogP contribution is -2.39. The minimum absolute atomic E-state index is 0.107. The average Bonchev–Trinajstić information content (AvgIpc) is 3.34. The van der Waals surface area contributed by atoms with Crippen molar-refractivity contribution in [3.8, 4) is 11.5 Å². The maximum Gasteiger partial charge on any atom is 0.228 e. The minimum Gasteiger partial charge on any atom is -0.497 e. The van der Waals surface area contributed by atoms with E-state index in [1.807, 2.05) is 25.1 Å². The van der Waals surface area contributed by atoms with Gasteiger partial charge in [0.1, 0.15) is 11.5 Å². The number of carbonyl (C=O) groups excluding carboxylic acids is 1. The van der Waals surface area contributed by atoms with E-state index in [-0.39, 0.29) is 29.4 Å². The van der Waals surface area contributed by atoms with Gasteiger partial charge in [-0.1, -0.05) is 11.3 Å². The number of aromatic nitrogens is 1. The Morgan fingerprint density at radius 2 is 1.84 bits per heavy atom. The zero-order chi connectivity index (χ0) is 27.0. The molecule has 2 aromatic carbocycles. The van der Waals surface area contributed by atoms with Crippen LogP contribution in [0.15, 0.2) is 47.4 Å². The van der Waals surface area contributed by atoms with E-state index in [2.05, 4.69) is 4.90 Å². The van der Waals surface area contributed by atoms with Gasteiger partial charge in [-0.25, -0.2) is 13.4 Å². The summed E-state index contributed by atoms with van der Waals surface area (Å²) in [6.45, 7) is 7.11. The van der Waals surface area contributed by atoms with Crippen molar-refractivity contribution in [1.29, 1.82) is 0 Å². The molecule has 0 atom stereocenters. The Balaban J connectivity index is 1.43. The summed E-state index contributed by atoms with van der Waals surface area (Å²) in [6.07, 6.45) is 1.13. The topological polar surface area (TPSA) is 98.3 Å². The van der Waals surface area contributed by atoms with E-state index in [4.69, 9.17) is 19.2 Å². The molecule has 0 bridgehead atoms. The number of thiazole rings is 1.